The topological polar surface area (TPSA) is 71.1 Å². The Morgan fingerprint density at radius 2 is 1.71 bits per heavy atom. The maximum atomic E-state index is 12.4. The number of carbonyl (C=O) groups is 2. The van der Waals surface area contributed by atoms with Gasteiger partial charge in [0.05, 0.1) is 0 Å². The molecule has 24 heavy (non-hydrogen) atoms. The van der Waals surface area contributed by atoms with Crippen LogP contribution in [0, 0.1) is 0 Å². The molecule has 5 heteroatoms. The normalized spacial score (nSPS) is 15.5. The molecule has 0 bridgehead atoms. The first-order valence-corrected chi connectivity index (χ1v) is 9.27. The number of hydrogen-bond acceptors (Lipinski definition) is 3. The van der Waals surface area contributed by atoms with Crippen LogP contribution in [0.5, 0.6) is 0 Å². The lowest BCUT2D eigenvalue weighted by atomic mass is 10.1. The van der Waals surface area contributed by atoms with Crippen LogP contribution in [0.25, 0.3) is 0 Å². The minimum absolute atomic E-state index is 0.178. The van der Waals surface area contributed by atoms with Crippen LogP contribution in [0.4, 0.5) is 0 Å². The summed E-state index contributed by atoms with van der Waals surface area (Å²) in [5, 5.41) is 5.92. The van der Waals surface area contributed by atoms with Crippen LogP contribution in [-0.4, -0.2) is 29.4 Å². The lowest BCUT2D eigenvalue weighted by Crippen LogP contribution is -2.35. The number of pyridine rings is 1. The highest BCUT2D eigenvalue weighted by Crippen LogP contribution is 2.17. The van der Waals surface area contributed by atoms with E-state index in [4.69, 9.17) is 0 Å². The number of amides is 2. The van der Waals surface area contributed by atoms with E-state index in [2.05, 4.69) is 22.5 Å². The van der Waals surface area contributed by atoms with Crippen molar-refractivity contribution in [3.8, 4) is 0 Å². The predicted molar refractivity (Wildman–Crippen MR) is 95.1 cm³/mol. The van der Waals surface area contributed by atoms with E-state index in [1.165, 1.54) is 25.7 Å². The number of nitrogens with zero attached hydrogens (tertiary/aromatic N) is 1. The van der Waals surface area contributed by atoms with Gasteiger partial charge in [0.15, 0.2) is 0 Å². The Morgan fingerprint density at radius 1 is 1.04 bits per heavy atom. The first kappa shape index (κ1) is 18.4. The third kappa shape index (κ3) is 5.95. The zero-order valence-electron chi connectivity index (χ0n) is 14.6. The van der Waals surface area contributed by atoms with E-state index >= 15 is 0 Å². The SMILES string of the molecule is CCCCCNC(=O)c1cccc(C(=O)NC2CCCCCC2)n1. The summed E-state index contributed by atoms with van der Waals surface area (Å²) in [5.41, 5.74) is 0.625. The third-order valence-electron chi connectivity index (χ3n) is 4.47. The van der Waals surface area contributed by atoms with E-state index in [1.54, 1.807) is 18.2 Å². The number of hydrogen-bond donors (Lipinski definition) is 2. The summed E-state index contributed by atoms with van der Waals surface area (Å²) in [6.45, 7) is 2.77. The average Bonchev–Trinajstić information content (AvgIpc) is 2.87. The van der Waals surface area contributed by atoms with Crippen molar-refractivity contribution in [3.05, 3.63) is 29.6 Å². The van der Waals surface area contributed by atoms with Crippen molar-refractivity contribution in [3.63, 3.8) is 0 Å². The smallest absolute Gasteiger partial charge is 0.270 e. The Balaban J connectivity index is 1.90. The van der Waals surface area contributed by atoms with Gasteiger partial charge < -0.3 is 10.6 Å². The second kappa shape index (κ2) is 10.1. The molecule has 1 aliphatic carbocycles. The minimum Gasteiger partial charge on any atom is -0.351 e. The molecule has 1 aliphatic rings. The van der Waals surface area contributed by atoms with Crippen LogP contribution in [0.15, 0.2) is 18.2 Å². The summed E-state index contributed by atoms with van der Waals surface area (Å²) >= 11 is 0. The van der Waals surface area contributed by atoms with Crippen LogP contribution in [0.1, 0.15) is 85.7 Å². The van der Waals surface area contributed by atoms with Gasteiger partial charge in [-0.1, -0.05) is 51.5 Å². The Morgan fingerprint density at radius 3 is 2.38 bits per heavy atom. The van der Waals surface area contributed by atoms with Crippen molar-refractivity contribution in [2.24, 2.45) is 0 Å². The van der Waals surface area contributed by atoms with E-state index < -0.39 is 0 Å². The largest absolute Gasteiger partial charge is 0.351 e. The molecule has 0 aliphatic heterocycles. The molecular formula is C19H29N3O2. The van der Waals surface area contributed by atoms with Crippen molar-refractivity contribution in [1.29, 1.82) is 0 Å². The van der Waals surface area contributed by atoms with Gasteiger partial charge in [-0.2, -0.15) is 0 Å². The van der Waals surface area contributed by atoms with Gasteiger partial charge in [-0.05, 0) is 31.4 Å². The van der Waals surface area contributed by atoms with Gasteiger partial charge in [-0.25, -0.2) is 4.98 Å². The Bertz CT molecular complexity index is 537. The first-order valence-electron chi connectivity index (χ1n) is 9.27. The Hall–Kier alpha value is -1.91. The molecule has 132 valence electrons. The van der Waals surface area contributed by atoms with Crippen molar-refractivity contribution in [1.82, 2.24) is 15.6 Å². The number of rotatable bonds is 7. The number of nitrogens with one attached hydrogen (secondary N) is 2. The van der Waals surface area contributed by atoms with Crippen LogP contribution in [-0.2, 0) is 0 Å². The molecule has 1 fully saturated rings. The number of aromatic nitrogens is 1. The fraction of sp³-hybridized carbons (Fsp3) is 0.632. The van der Waals surface area contributed by atoms with Crippen LogP contribution in [0.2, 0.25) is 0 Å². The second-order valence-electron chi connectivity index (χ2n) is 6.53. The highest BCUT2D eigenvalue weighted by molar-refractivity contribution is 5.96. The summed E-state index contributed by atoms with van der Waals surface area (Å²) in [6, 6.07) is 5.27. The molecule has 0 aromatic carbocycles. The minimum atomic E-state index is -0.213. The van der Waals surface area contributed by atoms with E-state index in [0.29, 0.717) is 17.9 Å². The molecule has 0 unspecified atom stereocenters. The first-order chi connectivity index (χ1) is 11.7. The monoisotopic (exact) mass is 331 g/mol. The van der Waals surface area contributed by atoms with Crippen molar-refractivity contribution in [2.75, 3.05) is 6.54 Å². The molecule has 0 radical (unpaired) electrons. The quantitative estimate of drug-likeness (QED) is 0.594. The molecule has 0 atom stereocenters. The van der Waals surface area contributed by atoms with Gasteiger partial charge in [0.25, 0.3) is 11.8 Å². The molecule has 2 rings (SSSR count). The molecule has 1 saturated carbocycles. The Labute approximate surface area is 144 Å². The molecular weight excluding hydrogens is 302 g/mol. The summed E-state index contributed by atoms with van der Waals surface area (Å²) in [7, 11) is 0. The van der Waals surface area contributed by atoms with E-state index in [-0.39, 0.29) is 17.9 Å². The molecule has 1 heterocycles. The highest BCUT2D eigenvalue weighted by atomic mass is 16.2. The van der Waals surface area contributed by atoms with E-state index in [0.717, 1.165) is 32.1 Å². The van der Waals surface area contributed by atoms with Crippen molar-refractivity contribution < 1.29 is 9.59 Å². The molecule has 2 amide bonds. The third-order valence-corrected chi connectivity index (χ3v) is 4.47. The summed E-state index contributed by atoms with van der Waals surface area (Å²) in [6.07, 6.45) is 10.1. The van der Waals surface area contributed by atoms with Crippen molar-refractivity contribution in [2.45, 2.75) is 70.8 Å². The zero-order chi connectivity index (χ0) is 17.2. The van der Waals surface area contributed by atoms with E-state index in [9.17, 15) is 9.59 Å². The zero-order valence-corrected chi connectivity index (χ0v) is 14.6. The fourth-order valence-corrected chi connectivity index (χ4v) is 3.04. The number of carbonyl (C=O) groups excluding carboxylic acids is 2. The summed E-state index contributed by atoms with van der Waals surface area (Å²) in [4.78, 5) is 28.7. The standard InChI is InChI=1S/C19H29N3O2/c1-2-3-8-14-20-18(23)16-12-9-13-17(22-16)19(24)21-15-10-6-4-5-7-11-15/h9,12-13,15H,2-8,10-11,14H2,1H3,(H,20,23)(H,21,24). The van der Waals surface area contributed by atoms with Crippen LogP contribution >= 0.6 is 0 Å². The lowest BCUT2D eigenvalue weighted by molar-refractivity contribution is 0.0927. The molecule has 0 saturated heterocycles. The summed E-state index contributed by atoms with van der Waals surface area (Å²) < 4.78 is 0. The van der Waals surface area contributed by atoms with Gasteiger partial charge in [-0.15, -0.1) is 0 Å². The molecule has 0 spiro atoms. The van der Waals surface area contributed by atoms with Gasteiger partial charge >= 0.3 is 0 Å². The van der Waals surface area contributed by atoms with Gasteiger partial charge in [0.2, 0.25) is 0 Å². The molecule has 1 aromatic rings. The average molecular weight is 331 g/mol. The van der Waals surface area contributed by atoms with Crippen molar-refractivity contribution >= 4 is 11.8 Å². The second-order valence-corrected chi connectivity index (χ2v) is 6.53. The highest BCUT2D eigenvalue weighted by Gasteiger charge is 2.17. The fourth-order valence-electron chi connectivity index (χ4n) is 3.04. The number of unbranched alkanes of at least 4 members (excludes halogenated alkanes) is 2. The lowest BCUT2D eigenvalue weighted by Gasteiger charge is -2.16. The molecule has 2 N–H and O–H groups in total. The maximum absolute atomic E-state index is 12.4. The van der Waals surface area contributed by atoms with Gasteiger partial charge in [-0.3, -0.25) is 9.59 Å². The summed E-state index contributed by atoms with van der Waals surface area (Å²) in [5.74, 6) is -0.391. The predicted octanol–water partition coefficient (Wildman–Crippen LogP) is 3.45. The Kier molecular flexibility index (Phi) is 7.72. The van der Waals surface area contributed by atoms with Gasteiger partial charge in [0.1, 0.15) is 11.4 Å². The van der Waals surface area contributed by atoms with Crippen LogP contribution < -0.4 is 10.6 Å². The molecule has 5 nitrogen and oxygen atoms in total. The molecule has 1 aromatic heterocycles. The van der Waals surface area contributed by atoms with Gasteiger partial charge in [0, 0.05) is 12.6 Å². The van der Waals surface area contributed by atoms with E-state index in [1.807, 2.05) is 0 Å². The maximum Gasteiger partial charge on any atom is 0.270 e. The van der Waals surface area contributed by atoms with Crippen LogP contribution in [0.3, 0.4) is 0 Å².